The Kier molecular flexibility index (Phi) is 10.8. The molecule has 0 fully saturated rings. The lowest BCUT2D eigenvalue weighted by atomic mass is 9.96. The molecule has 0 saturated heterocycles. The van der Waals surface area contributed by atoms with E-state index in [1.807, 2.05) is 54.6 Å². The fourth-order valence-electron chi connectivity index (χ4n) is 4.67. The number of fused-ring (bicyclic) bond motifs is 1. The van der Waals surface area contributed by atoms with Gasteiger partial charge in [0.1, 0.15) is 17.3 Å². The van der Waals surface area contributed by atoms with Crippen molar-refractivity contribution >= 4 is 28.2 Å². The lowest BCUT2D eigenvalue weighted by Crippen LogP contribution is -2.16. The van der Waals surface area contributed by atoms with Crippen LogP contribution in [0.3, 0.4) is 0 Å². The third-order valence-electron chi connectivity index (χ3n) is 7.02. The zero-order chi connectivity index (χ0) is 29.0. The van der Waals surface area contributed by atoms with E-state index < -0.39 is 0 Å². The maximum Gasteiger partial charge on any atom is 0.338 e. The van der Waals surface area contributed by atoms with E-state index in [2.05, 4.69) is 30.4 Å². The molecule has 0 heterocycles. The van der Waals surface area contributed by atoms with Crippen LogP contribution in [0.1, 0.15) is 67.1 Å². The molecule has 6 heteroatoms. The number of esters is 1. The number of hydrogen-bond acceptors (Lipinski definition) is 6. The van der Waals surface area contributed by atoms with Gasteiger partial charge in [-0.3, -0.25) is 4.79 Å². The van der Waals surface area contributed by atoms with Crippen LogP contribution in [0, 0.1) is 0 Å². The highest BCUT2D eigenvalue weighted by atomic mass is 16.5. The van der Waals surface area contributed by atoms with Crippen molar-refractivity contribution in [2.45, 2.75) is 52.0 Å². The predicted molar refractivity (Wildman–Crippen MR) is 164 cm³/mol. The van der Waals surface area contributed by atoms with Gasteiger partial charge in [0.25, 0.3) is 0 Å². The van der Waals surface area contributed by atoms with Gasteiger partial charge in [0.15, 0.2) is 0 Å². The number of ether oxygens (including phenoxy) is 3. The number of carbonyl (C=O) groups excluding carboxylic acids is 2. The fourth-order valence-corrected chi connectivity index (χ4v) is 4.67. The first kappa shape index (κ1) is 29.7. The number of nitrogens with one attached hydrogen (secondary N) is 1. The van der Waals surface area contributed by atoms with Crippen molar-refractivity contribution in [3.8, 4) is 11.5 Å². The van der Waals surface area contributed by atoms with E-state index in [1.54, 1.807) is 26.2 Å². The molecular formula is C35H39NO5. The standard InChI is InChI=1S/C35H39NO5/c1-4-6-21-41-32-18-12-26(13-19-32)34(36-30-15-10-27(11-16-30)35(38)40-5-2)24-31(37)17-8-25-7-9-29-23-33(39-3)20-14-28(29)22-25/h7,9-16,18-20,22-23,34,36H,4-6,8,17,21,24H2,1-3H3. The van der Waals surface area contributed by atoms with Gasteiger partial charge in [-0.1, -0.05) is 49.7 Å². The van der Waals surface area contributed by atoms with E-state index in [-0.39, 0.29) is 17.8 Å². The minimum atomic E-state index is -0.350. The summed E-state index contributed by atoms with van der Waals surface area (Å²) in [6, 6.07) is 27.2. The Morgan fingerprint density at radius 3 is 2.24 bits per heavy atom. The number of rotatable bonds is 15. The molecule has 0 aliphatic heterocycles. The summed E-state index contributed by atoms with van der Waals surface area (Å²) < 4.78 is 16.2. The highest BCUT2D eigenvalue weighted by molar-refractivity contribution is 5.90. The zero-order valence-corrected chi connectivity index (χ0v) is 24.2. The van der Waals surface area contributed by atoms with Gasteiger partial charge >= 0.3 is 5.97 Å². The summed E-state index contributed by atoms with van der Waals surface area (Å²) in [4.78, 5) is 25.3. The smallest absolute Gasteiger partial charge is 0.338 e. The van der Waals surface area contributed by atoms with Crippen molar-refractivity contribution in [3.05, 3.63) is 102 Å². The number of aryl methyl sites for hydroxylation is 1. The summed E-state index contributed by atoms with van der Waals surface area (Å²) in [5.74, 6) is 1.47. The second kappa shape index (κ2) is 14.9. The quantitative estimate of drug-likeness (QED) is 0.119. The predicted octanol–water partition coefficient (Wildman–Crippen LogP) is 7.95. The first-order chi connectivity index (χ1) is 20.0. The van der Waals surface area contributed by atoms with E-state index in [0.717, 1.165) is 51.9 Å². The number of hydrogen-bond donors (Lipinski definition) is 1. The Hall–Kier alpha value is -4.32. The maximum absolute atomic E-state index is 13.3. The number of benzene rings is 4. The van der Waals surface area contributed by atoms with E-state index in [9.17, 15) is 9.59 Å². The van der Waals surface area contributed by atoms with Crippen LogP contribution >= 0.6 is 0 Å². The average molecular weight is 554 g/mol. The lowest BCUT2D eigenvalue weighted by Gasteiger charge is -2.21. The van der Waals surface area contributed by atoms with Crippen molar-refractivity contribution in [2.75, 3.05) is 25.6 Å². The molecule has 4 aromatic rings. The van der Waals surface area contributed by atoms with Crippen LogP contribution in [0.15, 0.2) is 84.9 Å². The summed E-state index contributed by atoms with van der Waals surface area (Å²) in [7, 11) is 1.66. The molecule has 0 aliphatic carbocycles. The number of ketones is 1. The van der Waals surface area contributed by atoms with Crippen molar-refractivity contribution in [3.63, 3.8) is 0 Å². The molecule has 0 radical (unpaired) electrons. The van der Waals surface area contributed by atoms with Crippen molar-refractivity contribution in [1.82, 2.24) is 0 Å². The normalized spacial score (nSPS) is 11.6. The molecule has 0 aliphatic rings. The van der Waals surface area contributed by atoms with Gasteiger partial charge in [-0.15, -0.1) is 0 Å². The highest BCUT2D eigenvalue weighted by Gasteiger charge is 2.17. The summed E-state index contributed by atoms with van der Waals surface area (Å²) >= 11 is 0. The number of unbranched alkanes of at least 4 members (excludes halogenated alkanes) is 1. The third-order valence-corrected chi connectivity index (χ3v) is 7.02. The molecule has 0 aromatic heterocycles. The molecular weight excluding hydrogens is 514 g/mol. The first-order valence-corrected chi connectivity index (χ1v) is 14.3. The first-order valence-electron chi connectivity index (χ1n) is 14.3. The molecule has 0 amide bonds. The largest absolute Gasteiger partial charge is 0.497 e. The van der Waals surface area contributed by atoms with Crippen LogP contribution in [0.2, 0.25) is 0 Å². The molecule has 0 saturated carbocycles. The number of methoxy groups -OCH3 is 1. The van der Waals surface area contributed by atoms with E-state index >= 15 is 0 Å². The molecule has 1 atom stereocenters. The van der Waals surface area contributed by atoms with Crippen molar-refractivity contribution in [2.24, 2.45) is 0 Å². The van der Waals surface area contributed by atoms with E-state index in [1.165, 1.54) is 0 Å². The van der Waals surface area contributed by atoms with Gasteiger partial charge in [-0.25, -0.2) is 4.79 Å². The second-order valence-corrected chi connectivity index (χ2v) is 10.1. The highest BCUT2D eigenvalue weighted by Crippen LogP contribution is 2.27. The monoisotopic (exact) mass is 553 g/mol. The number of Topliss-reactive ketones (excluding diaryl/α,β-unsaturated/α-hetero) is 1. The van der Waals surface area contributed by atoms with E-state index in [0.29, 0.717) is 38.0 Å². The van der Waals surface area contributed by atoms with Gasteiger partial charge in [0.05, 0.1) is 31.9 Å². The molecule has 1 N–H and O–H groups in total. The van der Waals surface area contributed by atoms with Gasteiger partial charge in [0, 0.05) is 18.5 Å². The maximum atomic E-state index is 13.3. The Morgan fingerprint density at radius 2 is 1.54 bits per heavy atom. The van der Waals surface area contributed by atoms with Crippen LogP contribution in [0.25, 0.3) is 10.8 Å². The van der Waals surface area contributed by atoms with Crippen LogP contribution in [-0.4, -0.2) is 32.1 Å². The van der Waals surface area contributed by atoms with Crippen molar-refractivity contribution < 1.29 is 23.8 Å². The third kappa shape index (κ3) is 8.58. The second-order valence-electron chi connectivity index (χ2n) is 10.1. The summed E-state index contributed by atoms with van der Waals surface area (Å²) in [6.07, 6.45) is 3.54. The Morgan fingerprint density at radius 1 is 0.829 bits per heavy atom. The van der Waals surface area contributed by atoms with Gasteiger partial charge < -0.3 is 19.5 Å². The van der Waals surface area contributed by atoms with Gasteiger partial charge in [-0.2, -0.15) is 0 Å². The topological polar surface area (TPSA) is 73.9 Å². The fraction of sp³-hybridized carbons (Fsp3) is 0.314. The van der Waals surface area contributed by atoms with Crippen molar-refractivity contribution in [1.29, 1.82) is 0 Å². The van der Waals surface area contributed by atoms with Crippen LogP contribution < -0.4 is 14.8 Å². The van der Waals surface area contributed by atoms with Gasteiger partial charge in [0.2, 0.25) is 0 Å². The summed E-state index contributed by atoms with van der Waals surface area (Å²) in [5.41, 5.74) is 3.44. The molecule has 6 nitrogen and oxygen atoms in total. The SMILES string of the molecule is CCCCOc1ccc(C(CC(=O)CCc2ccc3cc(OC)ccc3c2)Nc2ccc(C(=O)OCC)cc2)cc1. The molecule has 1 unspecified atom stereocenters. The average Bonchev–Trinajstić information content (AvgIpc) is 3.00. The minimum absolute atomic E-state index is 0.170. The Balaban J connectivity index is 1.45. The lowest BCUT2D eigenvalue weighted by molar-refractivity contribution is -0.119. The summed E-state index contributed by atoms with van der Waals surface area (Å²) in [5, 5.41) is 5.74. The minimum Gasteiger partial charge on any atom is -0.497 e. The Bertz CT molecular complexity index is 1430. The number of anilines is 1. The zero-order valence-electron chi connectivity index (χ0n) is 24.2. The Labute approximate surface area is 242 Å². The molecule has 4 rings (SSSR count). The van der Waals surface area contributed by atoms with E-state index in [4.69, 9.17) is 14.2 Å². The van der Waals surface area contributed by atoms with Crippen LogP contribution in [0.5, 0.6) is 11.5 Å². The number of carbonyl (C=O) groups is 2. The van der Waals surface area contributed by atoms with Crippen LogP contribution in [-0.2, 0) is 16.0 Å². The molecule has 0 spiro atoms. The molecule has 214 valence electrons. The molecule has 41 heavy (non-hydrogen) atoms. The van der Waals surface area contributed by atoms with Gasteiger partial charge in [-0.05, 0) is 90.2 Å². The summed E-state index contributed by atoms with van der Waals surface area (Å²) in [6.45, 7) is 4.93. The molecule has 0 bridgehead atoms. The van der Waals surface area contributed by atoms with Crippen LogP contribution in [0.4, 0.5) is 5.69 Å². The molecule has 4 aromatic carbocycles.